The highest BCUT2D eigenvalue weighted by Crippen LogP contribution is 2.25. The first-order valence-corrected chi connectivity index (χ1v) is 12.4. The maximum atomic E-state index is 12.5. The SMILES string of the molecule is CCOC(=O)c1ccc(-c2ccc(/C=C(/C#N)C(=O)Nc3nc(S(=O)(=O)C(C)C)ns3)o2)cc1. The Labute approximate surface area is 200 Å². The summed E-state index contributed by atoms with van der Waals surface area (Å²) in [5, 5.41) is 10.6. The largest absolute Gasteiger partial charge is 0.462 e. The molecule has 0 bridgehead atoms. The van der Waals surface area contributed by atoms with Gasteiger partial charge in [0.15, 0.2) is 0 Å². The summed E-state index contributed by atoms with van der Waals surface area (Å²) < 4.78 is 38.7. The Morgan fingerprint density at radius 1 is 1.24 bits per heavy atom. The van der Waals surface area contributed by atoms with Crippen molar-refractivity contribution in [3.05, 3.63) is 53.3 Å². The maximum absolute atomic E-state index is 12.5. The van der Waals surface area contributed by atoms with Crippen molar-refractivity contribution >= 4 is 44.5 Å². The second-order valence-electron chi connectivity index (χ2n) is 7.10. The van der Waals surface area contributed by atoms with Crippen LogP contribution < -0.4 is 5.32 Å². The third-order valence-electron chi connectivity index (χ3n) is 4.46. The molecule has 0 aliphatic heterocycles. The van der Waals surface area contributed by atoms with Crippen LogP contribution in [0.1, 0.15) is 36.9 Å². The van der Waals surface area contributed by atoms with E-state index in [9.17, 15) is 23.3 Å². The number of nitrogens with one attached hydrogen (secondary N) is 1. The normalized spacial score (nSPS) is 11.8. The molecule has 0 aliphatic carbocycles. The second-order valence-corrected chi connectivity index (χ2v) is 10.2. The summed E-state index contributed by atoms with van der Waals surface area (Å²) >= 11 is 0.699. The van der Waals surface area contributed by atoms with Gasteiger partial charge in [0.05, 0.1) is 17.4 Å². The van der Waals surface area contributed by atoms with Gasteiger partial charge in [-0.2, -0.15) is 14.6 Å². The van der Waals surface area contributed by atoms with Gasteiger partial charge in [0.25, 0.3) is 11.1 Å². The summed E-state index contributed by atoms with van der Waals surface area (Å²) in [6.45, 7) is 5.00. The number of amides is 1. The summed E-state index contributed by atoms with van der Waals surface area (Å²) in [6.07, 6.45) is 1.25. The zero-order valence-corrected chi connectivity index (χ0v) is 20.1. The lowest BCUT2D eigenvalue weighted by atomic mass is 10.1. The molecule has 0 atom stereocenters. The fraction of sp³-hybridized carbons (Fsp3) is 0.227. The number of hydrogen-bond donors (Lipinski definition) is 1. The van der Waals surface area contributed by atoms with E-state index in [1.54, 1.807) is 49.4 Å². The summed E-state index contributed by atoms with van der Waals surface area (Å²) in [5.41, 5.74) is 0.812. The number of hydrogen-bond acceptors (Lipinski definition) is 10. The van der Waals surface area contributed by atoms with Crippen LogP contribution in [0.2, 0.25) is 0 Å². The van der Waals surface area contributed by atoms with E-state index >= 15 is 0 Å². The van der Waals surface area contributed by atoms with Crippen LogP contribution in [0.25, 0.3) is 17.4 Å². The zero-order valence-electron chi connectivity index (χ0n) is 18.4. The molecule has 3 rings (SSSR count). The number of esters is 1. The highest BCUT2D eigenvalue weighted by molar-refractivity contribution is 7.91. The predicted octanol–water partition coefficient (Wildman–Crippen LogP) is 3.70. The molecule has 0 radical (unpaired) electrons. The number of carbonyl (C=O) groups is 2. The van der Waals surface area contributed by atoms with Crippen LogP contribution >= 0.6 is 11.5 Å². The van der Waals surface area contributed by atoms with Gasteiger partial charge >= 0.3 is 5.97 Å². The average molecular weight is 501 g/mol. The summed E-state index contributed by atoms with van der Waals surface area (Å²) in [5.74, 6) is -0.501. The number of anilines is 1. The van der Waals surface area contributed by atoms with Gasteiger partial charge < -0.3 is 9.15 Å². The van der Waals surface area contributed by atoms with Gasteiger partial charge in [0.2, 0.25) is 15.0 Å². The molecule has 2 aromatic heterocycles. The number of ether oxygens (including phenoxy) is 1. The standard InChI is InChI=1S/C22H20N4O6S2/c1-4-31-20(28)15-7-5-14(6-8-15)18-10-9-17(32-18)11-16(12-23)19(27)24-21-25-22(26-33-21)34(29,30)13(2)3/h5-11,13H,4H2,1-3H3,(H,24,25,26,27)/b16-11-. The Hall–Kier alpha value is -3.82. The first-order chi connectivity index (χ1) is 16.1. The van der Waals surface area contributed by atoms with E-state index in [2.05, 4.69) is 14.7 Å². The number of sulfone groups is 1. The lowest BCUT2D eigenvalue weighted by Gasteiger charge is -2.02. The molecule has 10 nitrogen and oxygen atoms in total. The third-order valence-corrected chi connectivity index (χ3v) is 7.14. The smallest absolute Gasteiger partial charge is 0.338 e. The van der Waals surface area contributed by atoms with E-state index in [0.29, 0.717) is 28.4 Å². The van der Waals surface area contributed by atoms with Gasteiger partial charge in [-0.15, -0.1) is 0 Å². The minimum atomic E-state index is -3.68. The van der Waals surface area contributed by atoms with Crippen LogP contribution in [0.4, 0.5) is 5.13 Å². The quantitative estimate of drug-likeness (QED) is 0.277. The Morgan fingerprint density at radius 3 is 2.56 bits per heavy atom. The molecular formula is C22H20N4O6S2. The molecule has 0 spiro atoms. The Balaban J connectivity index is 1.74. The molecule has 0 saturated carbocycles. The Morgan fingerprint density at radius 2 is 1.94 bits per heavy atom. The molecule has 0 fully saturated rings. The molecule has 0 aliphatic rings. The number of nitriles is 1. The van der Waals surface area contributed by atoms with Crippen LogP contribution in [0.3, 0.4) is 0 Å². The van der Waals surface area contributed by atoms with Crippen molar-refractivity contribution in [2.24, 2.45) is 0 Å². The molecule has 12 heteroatoms. The van der Waals surface area contributed by atoms with Gasteiger partial charge in [-0.05, 0) is 45.0 Å². The number of benzene rings is 1. The van der Waals surface area contributed by atoms with E-state index in [1.165, 1.54) is 19.9 Å². The number of nitrogens with zero attached hydrogens (tertiary/aromatic N) is 3. The number of rotatable bonds is 8. The second kappa shape index (κ2) is 10.4. The first-order valence-electron chi connectivity index (χ1n) is 10.0. The van der Waals surface area contributed by atoms with E-state index < -0.39 is 27.0 Å². The Kier molecular flexibility index (Phi) is 7.60. The van der Waals surface area contributed by atoms with E-state index in [1.807, 2.05) is 0 Å². The zero-order chi connectivity index (χ0) is 24.9. The van der Waals surface area contributed by atoms with Gasteiger partial charge in [0, 0.05) is 23.2 Å². The molecule has 0 saturated heterocycles. The maximum Gasteiger partial charge on any atom is 0.338 e. The van der Waals surface area contributed by atoms with Gasteiger partial charge in [-0.1, -0.05) is 12.1 Å². The number of aromatic nitrogens is 2. The molecule has 1 N–H and O–H groups in total. The molecule has 1 amide bonds. The van der Waals surface area contributed by atoms with Gasteiger partial charge in [-0.3, -0.25) is 10.1 Å². The molecule has 2 heterocycles. The highest BCUT2D eigenvalue weighted by Gasteiger charge is 2.25. The van der Waals surface area contributed by atoms with Crippen LogP contribution in [-0.2, 0) is 19.4 Å². The first kappa shape index (κ1) is 24.8. The van der Waals surface area contributed by atoms with Crippen LogP contribution in [0.15, 0.2) is 51.5 Å². The molecule has 0 unspecified atom stereocenters. The lowest BCUT2D eigenvalue weighted by molar-refractivity contribution is -0.112. The molecule has 34 heavy (non-hydrogen) atoms. The summed E-state index contributed by atoms with van der Waals surface area (Å²) in [4.78, 5) is 28.1. The fourth-order valence-corrected chi connectivity index (χ4v) is 4.31. The van der Waals surface area contributed by atoms with Crippen LogP contribution in [0.5, 0.6) is 0 Å². The topological polar surface area (TPSA) is 152 Å². The predicted molar refractivity (Wildman–Crippen MR) is 125 cm³/mol. The van der Waals surface area contributed by atoms with E-state index in [-0.39, 0.29) is 28.2 Å². The molecular weight excluding hydrogens is 480 g/mol. The van der Waals surface area contributed by atoms with Crippen molar-refractivity contribution in [3.8, 4) is 17.4 Å². The number of furan rings is 1. The minimum absolute atomic E-state index is 0.0489. The molecule has 3 aromatic rings. The monoisotopic (exact) mass is 500 g/mol. The van der Waals surface area contributed by atoms with Crippen molar-refractivity contribution in [2.45, 2.75) is 31.2 Å². The third kappa shape index (κ3) is 5.56. The molecule has 1 aromatic carbocycles. The molecule has 176 valence electrons. The van der Waals surface area contributed by atoms with Crippen LogP contribution in [0, 0.1) is 11.3 Å². The summed E-state index contributed by atoms with van der Waals surface area (Å²) in [6, 6.07) is 11.6. The minimum Gasteiger partial charge on any atom is -0.462 e. The highest BCUT2D eigenvalue weighted by atomic mass is 32.2. The van der Waals surface area contributed by atoms with E-state index in [0.717, 1.165) is 0 Å². The van der Waals surface area contributed by atoms with Crippen molar-refractivity contribution in [2.75, 3.05) is 11.9 Å². The summed E-state index contributed by atoms with van der Waals surface area (Å²) in [7, 11) is -3.68. The van der Waals surface area contributed by atoms with Crippen molar-refractivity contribution < 1.29 is 27.2 Å². The number of carbonyl (C=O) groups excluding carboxylic acids is 2. The van der Waals surface area contributed by atoms with Crippen LogP contribution in [-0.4, -0.2) is 41.5 Å². The van der Waals surface area contributed by atoms with E-state index in [4.69, 9.17) is 9.15 Å². The van der Waals surface area contributed by atoms with Gasteiger partial charge in [-0.25, -0.2) is 13.2 Å². The Bertz CT molecular complexity index is 1380. The van der Waals surface area contributed by atoms with Crippen molar-refractivity contribution in [1.29, 1.82) is 5.26 Å². The van der Waals surface area contributed by atoms with Crippen molar-refractivity contribution in [1.82, 2.24) is 9.36 Å². The van der Waals surface area contributed by atoms with Gasteiger partial charge in [0.1, 0.15) is 23.2 Å². The van der Waals surface area contributed by atoms with Crippen molar-refractivity contribution in [3.63, 3.8) is 0 Å². The average Bonchev–Trinajstić information content (AvgIpc) is 3.47. The lowest BCUT2D eigenvalue weighted by Crippen LogP contribution is -2.16. The fourth-order valence-electron chi connectivity index (χ4n) is 2.61.